The fourth-order valence-corrected chi connectivity index (χ4v) is 3.56. The molecule has 3 rings (SSSR count). The van der Waals surface area contributed by atoms with Crippen LogP contribution in [0, 0.1) is 0 Å². The number of amides is 1. The summed E-state index contributed by atoms with van der Waals surface area (Å²) in [4.78, 5) is 17.0. The van der Waals surface area contributed by atoms with E-state index in [1.54, 1.807) is 0 Å². The summed E-state index contributed by atoms with van der Waals surface area (Å²) in [6, 6.07) is 7.98. The van der Waals surface area contributed by atoms with Crippen molar-refractivity contribution in [1.29, 1.82) is 0 Å². The predicted molar refractivity (Wildman–Crippen MR) is 100 cm³/mol. The van der Waals surface area contributed by atoms with Crippen molar-refractivity contribution in [3.05, 3.63) is 48.0 Å². The van der Waals surface area contributed by atoms with Crippen LogP contribution in [0.2, 0.25) is 0 Å². The number of imidazole rings is 1. The van der Waals surface area contributed by atoms with Gasteiger partial charge in [-0.1, -0.05) is 45.2 Å². The van der Waals surface area contributed by atoms with Crippen molar-refractivity contribution in [3.63, 3.8) is 0 Å². The molecule has 0 spiro atoms. The second kappa shape index (κ2) is 7.40. The monoisotopic (exact) mass is 340 g/mol. The van der Waals surface area contributed by atoms with Gasteiger partial charge in [-0.3, -0.25) is 4.79 Å². The molecule has 2 aromatic rings. The first-order chi connectivity index (χ1) is 12.0. The van der Waals surface area contributed by atoms with Crippen molar-refractivity contribution >= 4 is 11.6 Å². The number of carbonyl (C=O) groups is 1. The molecule has 1 heterocycles. The van der Waals surface area contributed by atoms with E-state index >= 15 is 0 Å². The Hall–Kier alpha value is -2.14. The lowest BCUT2D eigenvalue weighted by atomic mass is 9.82. The molecule has 0 bridgehead atoms. The molecule has 134 valence electrons. The van der Waals surface area contributed by atoms with Crippen molar-refractivity contribution < 1.29 is 4.79 Å². The van der Waals surface area contributed by atoms with Crippen LogP contribution < -0.4 is 11.1 Å². The SMILES string of the molecule is CC(C)c1nccn1Cc1cccc(NC(=O)C2(N)CCCCC2)c1. The lowest BCUT2D eigenvalue weighted by Gasteiger charge is -2.31. The van der Waals surface area contributed by atoms with Crippen LogP contribution in [-0.2, 0) is 11.3 Å². The van der Waals surface area contributed by atoms with E-state index in [0.717, 1.165) is 49.3 Å². The third-order valence-electron chi connectivity index (χ3n) is 5.00. The van der Waals surface area contributed by atoms with Gasteiger partial charge < -0.3 is 15.6 Å². The molecule has 1 fully saturated rings. The Bertz CT molecular complexity index is 729. The highest BCUT2D eigenvalue weighted by Gasteiger charge is 2.35. The summed E-state index contributed by atoms with van der Waals surface area (Å²) in [6.45, 7) is 5.02. The molecular weight excluding hydrogens is 312 g/mol. The first-order valence-electron chi connectivity index (χ1n) is 9.18. The third-order valence-corrected chi connectivity index (χ3v) is 5.00. The number of nitrogens with one attached hydrogen (secondary N) is 1. The molecule has 3 N–H and O–H groups in total. The van der Waals surface area contributed by atoms with E-state index in [1.807, 2.05) is 30.6 Å². The Labute approximate surface area is 149 Å². The number of nitrogens with zero attached hydrogens (tertiary/aromatic N) is 2. The minimum atomic E-state index is -0.719. The number of hydrogen-bond acceptors (Lipinski definition) is 3. The molecule has 1 aliphatic carbocycles. The largest absolute Gasteiger partial charge is 0.330 e. The lowest BCUT2D eigenvalue weighted by Crippen LogP contribution is -2.52. The van der Waals surface area contributed by atoms with Crippen LogP contribution in [0.15, 0.2) is 36.7 Å². The van der Waals surface area contributed by atoms with Gasteiger partial charge in [-0.15, -0.1) is 0 Å². The fraction of sp³-hybridized carbons (Fsp3) is 0.500. The van der Waals surface area contributed by atoms with Crippen LogP contribution in [0.1, 0.15) is 63.3 Å². The second-order valence-electron chi connectivity index (χ2n) is 7.44. The fourth-order valence-electron chi connectivity index (χ4n) is 3.56. The van der Waals surface area contributed by atoms with Gasteiger partial charge in [-0.2, -0.15) is 0 Å². The normalized spacial score (nSPS) is 16.8. The molecule has 0 atom stereocenters. The highest BCUT2D eigenvalue weighted by atomic mass is 16.2. The Balaban J connectivity index is 1.71. The zero-order chi connectivity index (χ0) is 17.9. The van der Waals surface area contributed by atoms with E-state index in [9.17, 15) is 4.79 Å². The van der Waals surface area contributed by atoms with Crippen LogP contribution in [0.3, 0.4) is 0 Å². The zero-order valence-electron chi connectivity index (χ0n) is 15.2. The van der Waals surface area contributed by atoms with Crippen LogP contribution in [0.4, 0.5) is 5.69 Å². The molecule has 1 saturated carbocycles. The Morgan fingerprint density at radius 1 is 1.32 bits per heavy atom. The van der Waals surface area contributed by atoms with Gasteiger partial charge in [-0.05, 0) is 30.5 Å². The van der Waals surface area contributed by atoms with E-state index in [1.165, 1.54) is 6.42 Å². The third kappa shape index (κ3) is 4.10. The van der Waals surface area contributed by atoms with E-state index in [2.05, 4.69) is 34.8 Å². The number of anilines is 1. The van der Waals surface area contributed by atoms with E-state index in [-0.39, 0.29) is 5.91 Å². The summed E-state index contributed by atoms with van der Waals surface area (Å²) in [5.74, 6) is 1.38. The molecule has 0 unspecified atom stereocenters. The molecular formula is C20H28N4O. The number of rotatable bonds is 5. The Kier molecular flexibility index (Phi) is 5.23. The molecule has 1 aromatic carbocycles. The molecule has 25 heavy (non-hydrogen) atoms. The van der Waals surface area contributed by atoms with Gasteiger partial charge in [0.2, 0.25) is 5.91 Å². The van der Waals surface area contributed by atoms with Crippen molar-refractivity contribution in [2.75, 3.05) is 5.32 Å². The summed E-state index contributed by atoms with van der Waals surface area (Å²) >= 11 is 0. The molecule has 0 saturated heterocycles. The van der Waals surface area contributed by atoms with Gasteiger partial charge in [0.1, 0.15) is 5.82 Å². The molecule has 0 radical (unpaired) electrons. The standard InChI is InChI=1S/C20H28N4O/c1-15(2)18-22-11-12-24(18)14-16-7-6-8-17(13-16)23-19(25)20(21)9-4-3-5-10-20/h6-8,11-13,15H,3-5,9-10,14,21H2,1-2H3,(H,23,25). The molecule has 1 aliphatic rings. The summed E-state index contributed by atoms with van der Waals surface area (Å²) in [5.41, 5.74) is 7.55. The van der Waals surface area contributed by atoms with Crippen molar-refractivity contribution in [2.24, 2.45) is 5.73 Å². The maximum Gasteiger partial charge on any atom is 0.244 e. The zero-order valence-corrected chi connectivity index (χ0v) is 15.2. The molecule has 1 amide bonds. The van der Waals surface area contributed by atoms with E-state index < -0.39 is 5.54 Å². The van der Waals surface area contributed by atoms with Crippen LogP contribution in [-0.4, -0.2) is 21.0 Å². The van der Waals surface area contributed by atoms with Crippen LogP contribution >= 0.6 is 0 Å². The predicted octanol–water partition coefficient (Wildman–Crippen LogP) is 3.65. The molecule has 1 aromatic heterocycles. The average molecular weight is 340 g/mol. The van der Waals surface area contributed by atoms with Crippen molar-refractivity contribution in [3.8, 4) is 0 Å². The minimum Gasteiger partial charge on any atom is -0.330 e. The van der Waals surface area contributed by atoms with Gasteiger partial charge in [0, 0.05) is 30.5 Å². The van der Waals surface area contributed by atoms with Gasteiger partial charge in [-0.25, -0.2) is 4.98 Å². The summed E-state index contributed by atoms with van der Waals surface area (Å²) in [5, 5.41) is 3.02. The number of nitrogens with two attached hydrogens (primary N) is 1. The van der Waals surface area contributed by atoms with Gasteiger partial charge >= 0.3 is 0 Å². The van der Waals surface area contributed by atoms with E-state index in [4.69, 9.17) is 5.73 Å². The van der Waals surface area contributed by atoms with Gasteiger partial charge in [0.05, 0.1) is 5.54 Å². The first-order valence-corrected chi connectivity index (χ1v) is 9.18. The maximum absolute atomic E-state index is 12.6. The lowest BCUT2D eigenvalue weighted by molar-refractivity contribution is -0.122. The summed E-state index contributed by atoms with van der Waals surface area (Å²) in [7, 11) is 0. The highest BCUT2D eigenvalue weighted by molar-refractivity contribution is 5.98. The van der Waals surface area contributed by atoms with Crippen molar-refractivity contribution in [2.45, 2.75) is 64.0 Å². The number of aromatic nitrogens is 2. The number of benzene rings is 1. The minimum absolute atomic E-state index is 0.0603. The quantitative estimate of drug-likeness (QED) is 0.872. The highest BCUT2D eigenvalue weighted by Crippen LogP contribution is 2.27. The van der Waals surface area contributed by atoms with Crippen LogP contribution in [0.25, 0.3) is 0 Å². The smallest absolute Gasteiger partial charge is 0.244 e. The second-order valence-corrected chi connectivity index (χ2v) is 7.44. The Morgan fingerprint density at radius 2 is 2.08 bits per heavy atom. The molecule has 0 aliphatic heterocycles. The summed E-state index contributed by atoms with van der Waals surface area (Å²) < 4.78 is 2.15. The van der Waals surface area contributed by atoms with Gasteiger partial charge in [0.15, 0.2) is 0 Å². The average Bonchev–Trinajstić information content (AvgIpc) is 3.04. The van der Waals surface area contributed by atoms with Crippen molar-refractivity contribution in [1.82, 2.24) is 9.55 Å². The Morgan fingerprint density at radius 3 is 2.80 bits per heavy atom. The van der Waals surface area contributed by atoms with Crippen LogP contribution in [0.5, 0.6) is 0 Å². The number of carbonyl (C=O) groups excluding carboxylic acids is 1. The topological polar surface area (TPSA) is 72.9 Å². The first kappa shape index (κ1) is 17.7. The van der Waals surface area contributed by atoms with Gasteiger partial charge in [0.25, 0.3) is 0 Å². The summed E-state index contributed by atoms with van der Waals surface area (Å²) in [6.07, 6.45) is 8.60. The maximum atomic E-state index is 12.6. The van der Waals surface area contributed by atoms with E-state index in [0.29, 0.717) is 5.92 Å². The molecule has 5 nitrogen and oxygen atoms in total. The molecule has 5 heteroatoms. The number of hydrogen-bond donors (Lipinski definition) is 2.